The zero-order valence-electron chi connectivity index (χ0n) is 5.50. The van der Waals surface area contributed by atoms with E-state index in [4.69, 9.17) is 4.74 Å². The molecule has 1 aromatic heterocycles. The Labute approximate surface area is 58.7 Å². The van der Waals surface area contributed by atoms with E-state index in [-0.39, 0.29) is 5.69 Å². The highest BCUT2D eigenvalue weighted by Crippen LogP contribution is 2.07. The molecule has 1 rings (SSSR count). The number of hydrogen-bond donors (Lipinski definition) is 0. The highest BCUT2D eigenvalue weighted by Gasteiger charge is 1.93. The maximum absolute atomic E-state index is 10.0. The first-order valence-electron chi connectivity index (χ1n) is 2.75. The Morgan fingerprint density at radius 1 is 1.70 bits per heavy atom. The number of ether oxygens (including phenoxy) is 1. The molecule has 51 valence electrons. The molecule has 0 spiro atoms. The summed E-state index contributed by atoms with van der Waals surface area (Å²) in [7, 11) is 1.53. The largest absolute Gasteiger partial charge is 0.497 e. The third-order valence-electron chi connectivity index (χ3n) is 1.07. The van der Waals surface area contributed by atoms with Crippen molar-refractivity contribution in [1.29, 1.82) is 0 Å². The summed E-state index contributed by atoms with van der Waals surface area (Å²) in [4.78, 5) is 13.7. The van der Waals surface area contributed by atoms with Gasteiger partial charge in [-0.05, 0) is 6.07 Å². The van der Waals surface area contributed by atoms with Crippen molar-refractivity contribution >= 4 is 6.29 Å². The van der Waals surface area contributed by atoms with Gasteiger partial charge in [0.05, 0.1) is 7.11 Å². The summed E-state index contributed by atoms with van der Waals surface area (Å²) < 4.78 is 4.84. The zero-order chi connectivity index (χ0) is 7.40. The van der Waals surface area contributed by atoms with Crippen LogP contribution in [0.2, 0.25) is 0 Å². The summed E-state index contributed by atoms with van der Waals surface area (Å²) >= 11 is 0. The van der Waals surface area contributed by atoms with Crippen LogP contribution in [0.15, 0.2) is 18.3 Å². The maximum atomic E-state index is 10.0. The van der Waals surface area contributed by atoms with Crippen molar-refractivity contribution in [1.82, 2.24) is 4.98 Å². The number of methoxy groups -OCH3 is 1. The third-order valence-corrected chi connectivity index (χ3v) is 1.07. The Balaban J connectivity index is 2.98. The topological polar surface area (TPSA) is 39.2 Å². The first-order valence-corrected chi connectivity index (χ1v) is 2.75. The van der Waals surface area contributed by atoms with Crippen LogP contribution in [0.25, 0.3) is 0 Å². The minimum absolute atomic E-state index is 0.263. The molecule has 0 atom stereocenters. The average Bonchev–Trinajstić information content (AvgIpc) is 2.05. The van der Waals surface area contributed by atoms with Crippen LogP contribution in [-0.2, 0) is 4.79 Å². The molecule has 0 saturated heterocycles. The minimum atomic E-state index is 0.263. The second-order valence-corrected chi connectivity index (χ2v) is 1.68. The van der Waals surface area contributed by atoms with Gasteiger partial charge in [-0.1, -0.05) is 0 Å². The second-order valence-electron chi connectivity index (χ2n) is 1.68. The summed E-state index contributed by atoms with van der Waals surface area (Å²) in [5, 5.41) is 0. The van der Waals surface area contributed by atoms with Gasteiger partial charge in [0.1, 0.15) is 11.4 Å². The van der Waals surface area contributed by atoms with Gasteiger partial charge in [0, 0.05) is 12.3 Å². The number of carbonyl (C=O) groups excluding carboxylic acids is 1. The number of pyridine rings is 1. The average molecular weight is 136 g/mol. The summed E-state index contributed by atoms with van der Waals surface area (Å²) in [6.07, 6.45) is 3.16. The summed E-state index contributed by atoms with van der Waals surface area (Å²) in [6, 6.07) is 3.19. The smallest absolute Gasteiger partial charge is 0.253 e. The van der Waals surface area contributed by atoms with Crippen molar-refractivity contribution in [2.75, 3.05) is 7.11 Å². The molecule has 0 amide bonds. The SMILES string of the molecule is COc1ccnc([C]=O)c1. The molecule has 1 radical (unpaired) electrons. The van der Waals surface area contributed by atoms with Crippen LogP contribution < -0.4 is 4.74 Å². The molecule has 1 heterocycles. The highest BCUT2D eigenvalue weighted by atomic mass is 16.5. The lowest BCUT2D eigenvalue weighted by Gasteiger charge is -1.96. The molecule has 3 heteroatoms. The Morgan fingerprint density at radius 2 is 2.50 bits per heavy atom. The highest BCUT2D eigenvalue weighted by molar-refractivity contribution is 5.72. The monoisotopic (exact) mass is 136 g/mol. The molecule has 0 aliphatic rings. The molecule has 0 saturated carbocycles. The zero-order valence-corrected chi connectivity index (χ0v) is 5.50. The van der Waals surface area contributed by atoms with Crippen LogP contribution in [-0.4, -0.2) is 18.4 Å². The fourth-order valence-electron chi connectivity index (χ4n) is 0.594. The van der Waals surface area contributed by atoms with E-state index in [9.17, 15) is 4.79 Å². The van der Waals surface area contributed by atoms with E-state index in [1.807, 2.05) is 0 Å². The van der Waals surface area contributed by atoms with Gasteiger partial charge in [-0.3, -0.25) is 9.78 Å². The molecule has 3 nitrogen and oxygen atoms in total. The fraction of sp³-hybridized carbons (Fsp3) is 0.143. The quantitative estimate of drug-likeness (QED) is 0.596. The van der Waals surface area contributed by atoms with Crippen LogP contribution in [0.5, 0.6) is 5.75 Å². The van der Waals surface area contributed by atoms with Crippen molar-refractivity contribution < 1.29 is 9.53 Å². The van der Waals surface area contributed by atoms with E-state index in [2.05, 4.69) is 4.98 Å². The number of rotatable bonds is 2. The van der Waals surface area contributed by atoms with E-state index in [0.29, 0.717) is 5.75 Å². The molecular weight excluding hydrogens is 130 g/mol. The van der Waals surface area contributed by atoms with Gasteiger partial charge in [-0.2, -0.15) is 0 Å². The van der Waals surface area contributed by atoms with Crippen molar-refractivity contribution in [2.24, 2.45) is 0 Å². The van der Waals surface area contributed by atoms with E-state index < -0.39 is 0 Å². The second kappa shape index (κ2) is 2.96. The molecule has 1 aromatic rings. The predicted molar refractivity (Wildman–Crippen MR) is 35.6 cm³/mol. The van der Waals surface area contributed by atoms with Gasteiger partial charge in [0.2, 0.25) is 0 Å². The van der Waals surface area contributed by atoms with Crippen LogP contribution >= 0.6 is 0 Å². The van der Waals surface area contributed by atoms with Crippen LogP contribution in [0.1, 0.15) is 5.69 Å². The fourth-order valence-corrected chi connectivity index (χ4v) is 0.594. The van der Waals surface area contributed by atoms with Gasteiger partial charge in [0.25, 0.3) is 6.29 Å². The van der Waals surface area contributed by atoms with E-state index >= 15 is 0 Å². The number of hydrogen-bond acceptors (Lipinski definition) is 3. The van der Waals surface area contributed by atoms with Crippen LogP contribution in [0, 0.1) is 0 Å². The Bertz CT molecular complexity index is 235. The molecule has 0 aliphatic carbocycles. The lowest BCUT2D eigenvalue weighted by Crippen LogP contribution is -1.88. The minimum Gasteiger partial charge on any atom is -0.497 e. The van der Waals surface area contributed by atoms with Crippen LogP contribution in [0.3, 0.4) is 0 Å². The Hall–Kier alpha value is -1.38. The normalized spacial score (nSPS) is 8.90. The Morgan fingerprint density at radius 3 is 3.10 bits per heavy atom. The summed E-state index contributed by atoms with van der Waals surface area (Å²) in [5.74, 6) is 0.619. The maximum Gasteiger partial charge on any atom is 0.253 e. The van der Waals surface area contributed by atoms with E-state index in [1.54, 1.807) is 12.4 Å². The molecule has 0 N–H and O–H groups in total. The standard InChI is InChI=1S/C7H6NO2/c1-10-7-2-3-8-6(4-7)5-9/h2-4H,1H3. The van der Waals surface area contributed by atoms with Gasteiger partial charge in [-0.15, -0.1) is 0 Å². The first kappa shape index (κ1) is 6.74. The first-order chi connectivity index (χ1) is 4.86. The predicted octanol–water partition coefficient (Wildman–Crippen LogP) is 0.548. The van der Waals surface area contributed by atoms with Crippen molar-refractivity contribution in [3.63, 3.8) is 0 Å². The van der Waals surface area contributed by atoms with Crippen LogP contribution in [0.4, 0.5) is 0 Å². The van der Waals surface area contributed by atoms with E-state index in [1.165, 1.54) is 19.4 Å². The lowest BCUT2D eigenvalue weighted by molar-refractivity contribution is 0.414. The van der Waals surface area contributed by atoms with Gasteiger partial charge < -0.3 is 4.74 Å². The number of aromatic nitrogens is 1. The molecule has 10 heavy (non-hydrogen) atoms. The molecule has 0 fully saturated rings. The molecule has 0 aromatic carbocycles. The van der Waals surface area contributed by atoms with Crippen molar-refractivity contribution in [2.45, 2.75) is 0 Å². The third kappa shape index (κ3) is 1.31. The van der Waals surface area contributed by atoms with Gasteiger partial charge in [0.15, 0.2) is 0 Å². The lowest BCUT2D eigenvalue weighted by atomic mass is 10.3. The molecular formula is C7H6NO2. The van der Waals surface area contributed by atoms with Gasteiger partial charge in [-0.25, -0.2) is 0 Å². The summed E-state index contributed by atoms with van der Waals surface area (Å²) in [6.45, 7) is 0. The summed E-state index contributed by atoms with van der Waals surface area (Å²) in [5.41, 5.74) is 0.263. The molecule has 0 aliphatic heterocycles. The van der Waals surface area contributed by atoms with Gasteiger partial charge >= 0.3 is 0 Å². The Kier molecular flexibility index (Phi) is 1.99. The molecule has 0 unspecified atom stereocenters. The van der Waals surface area contributed by atoms with Crippen molar-refractivity contribution in [3.05, 3.63) is 24.0 Å². The van der Waals surface area contributed by atoms with Crippen molar-refractivity contribution in [3.8, 4) is 5.75 Å². The van der Waals surface area contributed by atoms with E-state index in [0.717, 1.165) is 0 Å². The number of nitrogens with zero attached hydrogens (tertiary/aromatic N) is 1. The molecule has 0 bridgehead atoms.